The summed E-state index contributed by atoms with van der Waals surface area (Å²) in [4.78, 5) is 0. The van der Waals surface area contributed by atoms with Crippen LogP contribution in [0.25, 0.3) is 0 Å². The van der Waals surface area contributed by atoms with Crippen molar-refractivity contribution in [2.24, 2.45) is 5.73 Å². The Balaban J connectivity index is 2.11. The first-order valence-corrected chi connectivity index (χ1v) is 5.99. The fourth-order valence-corrected chi connectivity index (χ4v) is 3.58. The molecule has 1 unspecified atom stereocenters. The number of rotatable bonds is 1. The maximum absolute atomic E-state index is 10.4. The summed E-state index contributed by atoms with van der Waals surface area (Å²) in [5.41, 5.74) is 5.21. The quantitative estimate of drug-likeness (QED) is 0.646. The molecule has 2 heterocycles. The Morgan fingerprint density at radius 2 is 1.92 bits per heavy atom. The summed E-state index contributed by atoms with van der Waals surface area (Å²) in [6.07, 6.45) is 2.34. The van der Waals surface area contributed by atoms with E-state index < -0.39 is 5.60 Å². The van der Waals surface area contributed by atoms with Gasteiger partial charge in [0.2, 0.25) is 0 Å². The normalized spacial score (nSPS) is 39.2. The van der Waals surface area contributed by atoms with Crippen LogP contribution in [-0.2, 0) is 4.74 Å². The van der Waals surface area contributed by atoms with Gasteiger partial charge < -0.3 is 15.6 Å². The summed E-state index contributed by atoms with van der Waals surface area (Å²) in [5.74, 6) is 1.98. The largest absolute Gasteiger partial charge is 0.388 e. The van der Waals surface area contributed by atoms with Crippen LogP contribution < -0.4 is 5.73 Å². The number of thioether (sulfide) groups is 1. The van der Waals surface area contributed by atoms with E-state index in [9.17, 15) is 5.11 Å². The zero-order valence-electron chi connectivity index (χ0n) is 7.79. The fraction of sp³-hybridized carbons (Fsp3) is 1.00. The van der Waals surface area contributed by atoms with Gasteiger partial charge in [-0.1, -0.05) is 0 Å². The fourth-order valence-electron chi connectivity index (χ4n) is 2.15. The van der Waals surface area contributed by atoms with E-state index in [4.69, 9.17) is 10.5 Å². The van der Waals surface area contributed by atoms with Gasteiger partial charge in [-0.25, -0.2) is 0 Å². The molecular formula is C9H17NO2S. The maximum Gasteiger partial charge on any atom is 0.0878 e. The molecule has 0 saturated carbocycles. The summed E-state index contributed by atoms with van der Waals surface area (Å²) in [5, 5.41) is 10.4. The minimum absolute atomic E-state index is 0.360. The molecule has 1 atom stereocenters. The van der Waals surface area contributed by atoms with Crippen LogP contribution in [0.2, 0.25) is 0 Å². The zero-order valence-corrected chi connectivity index (χ0v) is 8.61. The minimum Gasteiger partial charge on any atom is -0.388 e. The van der Waals surface area contributed by atoms with Crippen LogP contribution in [0.15, 0.2) is 0 Å². The SMILES string of the molecule is NC1(C2(O)CCOCC2)CCSC1. The number of hydrogen-bond acceptors (Lipinski definition) is 4. The van der Waals surface area contributed by atoms with E-state index in [0.29, 0.717) is 26.1 Å². The Morgan fingerprint density at radius 3 is 2.46 bits per heavy atom. The van der Waals surface area contributed by atoms with Gasteiger partial charge >= 0.3 is 0 Å². The van der Waals surface area contributed by atoms with Crippen LogP contribution in [0.5, 0.6) is 0 Å². The highest BCUT2D eigenvalue weighted by molar-refractivity contribution is 7.99. The molecule has 3 nitrogen and oxygen atoms in total. The van der Waals surface area contributed by atoms with E-state index >= 15 is 0 Å². The lowest BCUT2D eigenvalue weighted by atomic mass is 9.75. The van der Waals surface area contributed by atoms with Crippen molar-refractivity contribution in [2.75, 3.05) is 24.7 Å². The van der Waals surface area contributed by atoms with Crippen molar-refractivity contribution in [2.45, 2.75) is 30.4 Å². The van der Waals surface area contributed by atoms with Crippen LogP contribution in [0, 0.1) is 0 Å². The van der Waals surface area contributed by atoms with Crippen molar-refractivity contribution in [1.29, 1.82) is 0 Å². The Kier molecular flexibility index (Phi) is 2.57. The maximum atomic E-state index is 10.4. The van der Waals surface area contributed by atoms with Crippen molar-refractivity contribution < 1.29 is 9.84 Å². The first kappa shape index (κ1) is 9.77. The van der Waals surface area contributed by atoms with Crippen LogP contribution >= 0.6 is 11.8 Å². The predicted molar refractivity (Wildman–Crippen MR) is 53.9 cm³/mol. The van der Waals surface area contributed by atoms with E-state index in [-0.39, 0.29) is 5.54 Å². The molecule has 2 saturated heterocycles. The van der Waals surface area contributed by atoms with Gasteiger partial charge in [0.1, 0.15) is 0 Å². The highest BCUT2D eigenvalue weighted by Gasteiger charge is 2.49. The predicted octanol–water partition coefficient (Wildman–Crippen LogP) is 0.362. The molecular weight excluding hydrogens is 186 g/mol. The Morgan fingerprint density at radius 1 is 1.23 bits per heavy atom. The average molecular weight is 203 g/mol. The smallest absolute Gasteiger partial charge is 0.0878 e. The number of aliphatic hydroxyl groups is 1. The average Bonchev–Trinajstić information content (AvgIpc) is 2.55. The third-order valence-electron chi connectivity index (χ3n) is 3.30. The highest BCUT2D eigenvalue weighted by atomic mass is 32.2. The molecule has 2 fully saturated rings. The first-order chi connectivity index (χ1) is 6.16. The molecule has 2 aliphatic heterocycles. The van der Waals surface area contributed by atoms with Crippen LogP contribution in [0.4, 0.5) is 0 Å². The second-order valence-electron chi connectivity index (χ2n) is 4.10. The third-order valence-corrected chi connectivity index (χ3v) is 4.51. The third kappa shape index (κ3) is 1.61. The molecule has 0 spiro atoms. The molecule has 2 rings (SSSR count). The molecule has 0 aromatic heterocycles. The molecule has 76 valence electrons. The van der Waals surface area contributed by atoms with Crippen molar-refractivity contribution in [3.8, 4) is 0 Å². The van der Waals surface area contributed by atoms with Crippen molar-refractivity contribution in [1.82, 2.24) is 0 Å². The summed E-state index contributed by atoms with van der Waals surface area (Å²) in [6.45, 7) is 1.31. The number of nitrogens with two attached hydrogens (primary N) is 1. The van der Waals surface area contributed by atoms with E-state index in [1.165, 1.54) is 0 Å². The lowest BCUT2D eigenvalue weighted by Gasteiger charge is -2.44. The van der Waals surface area contributed by atoms with Gasteiger partial charge in [-0.15, -0.1) is 0 Å². The van der Waals surface area contributed by atoms with Gasteiger partial charge in [-0.05, 0) is 12.2 Å². The van der Waals surface area contributed by atoms with Gasteiger partial charge in [-0.2, -0.15) is 11.8 Å². The molecule has 0 aliphatic carbocycles. The molecule has 0 bridgehead atoms. The number of hydrogen-bond donors (Lipinski definition) is 2. The van der Waals surface area contributed by atoms with Gasteiger partial charge in [-0.3, -0.25) is 0 Å². The Labute approximate surface area is 83.0 Å². The Bertz CT molecular complexity index is 186. The molecule has 4 heteroatoms. The highest BCUT2D eigenvalue weighted by Crippen LogP contribution is 2.39. The summed E-state index contributed by atoms with van der Waals surface area (Å²) in [7, 11) is 0. The van der Waals surface area contributed by atoms with Gasteiger partial charge in [0.05, 0.1) is 11.1 Å². The molecule has 0 aromatic carbocycles. The second-order valence-corrected chi connectivity index (χ2v) is 5.21. The van der Waals surface area contributed by atoms with Gasteiger partial charge in [0, 0.05) is 31.8 Å². The molecule has 13 heavy (non-hydrogen) atoms. The zero-order chi connectivity index (χ0) is 9.36. The first-order valence-electron chi connectivity index (χ1n) is 4.83. The second kappa shape index (κ2) is 3.42. The standard InChI is InChI=1S/C9H17NO2S/c10-8(3-6-13-7-8)9(11)1-4-12-5-2-9/h11H,1-7,10H2. The monoisotopic (exact) mass is 203 g/mol. The minimum atomic E-state index is -0.672. The van der Waals surface area contributed by atoms with Crippen molar-refractivity contribution in [3.63, 3.8) is 0 Å². The van der Waals surface area contributed by atoms with E-state index in [1.54, 1.807) is 0 Å². The lowest BCUT2D eigenvalue weighted by molar-refractivity contribution is -0.103. The lowest BCUT2D eigenvalue weighted by Crippen LogP contribution is -2.62. The van der Waals surface area contributed by atoms with Gasteiger partial charge in [0.15, 0.2) is 0 Å². The van der Waals surface area contributed by atoms with Crippen molar-refractivity contribution >= 4 is 11.8 Å². The molecule has 0 aromatic rings. The van der Waals surface area contributed by atoms with Crippen molar-refractivity contribution in [3.05, 3.63) is 0 Å². The Hall–Kier alpha value is 0.230. The van der Waals surface area contributed by atoms with E-state index in [0.717, 1.165) is 17.9 Å². The number of ether oxygens (including phenoxy) is 1. The topological polar surface area (TPSA) is 55.5 Å². The summed E-state index contributed by atoms with van der Waals surface area (Å²) >= 11 is 1.85. The molecule has 2 aliphatic rings. The van der Waals surface area contributed by atoms with Crippen LogP contribution in [-0.4, -0.2) is 41.0 Å². The van der Waals surface area contributed by atoms with Crippen LogP contribution in [0.3, 0.4) is 0 Å². The molecule has 0 amide bonds. The summed E-state index contributed by atoms with van der Waals surface area (Å²) < 4.78 is 5.25. The van der Waals surface area contributed by atoms with Crippen LogP contribution in [0.1, 0.15) is 19.3 Å². The molecule has 0 radical (unpaired) electrons. The molecule has 3 N–H and O–H groups in total. The van der Waals surface area contributed by atoms with Gasteiger partial charge in [0.25, 0.3) is 0 Å². The summed E-state index contributed by atoms with van der Waals surface area (Å²) in [6, 6.07) is 0. The van der Waals surface area contributed by atoms with E-state index in [1.807, 2.05) is 11.8 Å². The van der Waals surface area contributed by atoms with E-state index in [2.05, 4.69) is 0 Å².